The zero-order valence-electron chi connectivity index (χ0n) is 18.0. The summed E-state index contributed by atoms with van der Waals surface area (Å²) in [6.07, 6.45) is 7.14. The van der Waals surface area contributed by atoms with Gasteiger partial charge in [-0.15, -0.1) is 11.3 Å². The summed E-state index contributed by atoms with van der Waals surface area (Å²) < 4.78 is 11.0. The maximum Gasteiger partial charge on any atom is 0.261 e. The van der Waals surface area contributed by atoms with Crippen LogP contribution in [0.15, 0.2) is 24.3 Å². The average molecular weight is 431 g/mol. The Kier molecular flexibility index (Phi) is 7.74. The van der Waals surface area contributed by atoms with Gasteiger partial charge >= 0.3 is 0 Å². The van der Waals surface area contributed by atoms with E-state index in [2.05, 4.69) is 11.4 Å². The molecule has 0 aliphatic heterocycles. The fraction of sp³-hybridized carbons (Fsp3) is 0.478. The second kappa shape index (κ2) is 10.5. The summed E-state index contributed by atoms with van der Waals surface area (Å²) in [5.74, 6) is 0.870. The number of nitrogens with zero attached hydrogens (tertiary/aromatic N) is 1. The van der Waals surface area contributed by atoms with Gasteiger partial charge in [0.05, 0.1) is 12.0 Å². The zero-order chi connectivity index (χ0) is 21.5. The van der Waals surface area contributed by atoms with Gasteiger partial charge in [-0.1, -0.05) is 18.9 Å². The highest BCUT2D eigenvalue weighted by Crippen LogP contribution is 2.30. The van der Waals surface area contributed by atoms with Crippen LogP contribution in [0.1, 0.15) is 51.4 Å². The summed E-state index contributed by atoms with van der Waals surface area (Å²) in [4.78, 5) is 28.0. The molecule has 30 heavy (non-hydrogen) atoms. The van der Waals surface area contributed by atoms with Crippen molar-refractivity contribution in [3.05, 3.63) is 45.1 Å². The zero-order valence-corrected chi connectivity index (χ0v) is 18.8. The molecule has 2 amide bonds. The van der Waals surface area contributed by atoms with Gasteiger partial charge in [0.25, 0.3) is 11.8 Å². The first-order chi connectivity index (χ1) is 14.5. The van der Waals surface area contributed by atoms with Crippen LogP contribution in [0.25, 0.3) is 0 Å². The number of fused-ring (bicyclic) bond motifs is 1. The fourth-order valence-electron chi connectivity index (χ4n) is 3.44. The number of methoxy groups -OCH3 is 1. The van der Waals surface area contributed by atoms with Gasteiger partial charge in [-0.2, -0.15) is 0 Å². The fourth-order valence-corrected chi connectivity index (χ4v) is 4.61. The van der Waals surface area contributed by atoms with Crippen molar-refractivity contribution in [2.75, 3.05) is 27.8 Å². The molecule has 0 spiro atoms. The van der Waals surface area contributed by atoms with Crippen LogP contribution in [0.3, 0.4) is 0 Å². The van der Waals surface area contributed by atoms with Crippen molar-refractivity contribution in [1.82, 2.24) is 10.2 Å². The molecule has 1 aliphatic rings. The van der Waals surface area contributed by atoms with E-state index >= 15 is 0 Å². The maximum absolute atomic E-state index is 12.7. The minimum atomic E-state index is -0.126. The lowest BCUT2D eigenvalue weighted by Crippen LogP contribution is -2.27. The van der Waals surface area contributed by atoms with Gasteiger partial charge in [-0.3, -0.25) is 9.59 Å². The minimum absolute atomic E-state index is 0.0392. The van der Waals surface area contributed by atoms with E-state index in [0.29, 0.717) is 18.0 Å². The first-order valence-electron chi connectivity index (χ1n) is 10.4. The van der Waals surface area contributed by atoms with Crippen LogP contribution in [-0.2, 0) is 24.2 Å². The molecule has 1 aromatic heterocycles. The molecular formula is C23H30N2O4S. The normalized spacial score (nSPS) is 13.6. The summed E-state index contributed by atoms with van der Waals surface area (Å²) in [5.41, 5.74) is 2.25. The van der Waals surface area contributed by atoms with E-state index in [-0.39, 0.29) is 18.4 Å². The Bertz CT molecular complexity index is 866. The summed E-state index contributed by atoms with van der Waals surface area (Å²) in [7, 11) is 4.92. The van der Waals surface area contributed by atoms with Crippen molar-refractivity contribution in [3.8, 4) is 11.5 Å². The third-order valence-electron chi connectivity index (χ3n) is 5.25. The molecule has 0 bridgehead atoms. The van der Waals surface area contributed by atoms with Crippen molar-refractivity contribution in [2.24, 2.45) is 0 Å². The van der Waals surface area contributed by atoms with Crippen LogP contribution in [0.4, 0.5) is 0 Å². The van der Waals surface area contributed by atoms with E-state index in [9.17, 15) is 9.59 Å². The Morgan fingerprint density at radius 2 is 1.83 bits per heavy atom. The van der Waals surface area contributed by atoms with E-state index < -0.39 is 0 Å². The van der Waals surface area contributed by atoms with E-state index in [0.717, 1.165) is 23.3 Å². The number of nitrogens with one attached hydrogen (secondary N) is 1. The Morgan fingerprint density at radius 3 is 2.57 bits per heavy atom. The number of amides is 2. The molecule has 162 valence electrons. The van der Waals surface area contributed by atoms with Crippen molar-refractivity contribution in [2.45, 2.75) is 45.1 Å². The molecule has 1 aromatic carbocycles. The summed E-state index contributed by atoms with van der Waals surface area (Å²) in [5, 5.41) is 3.01. The third kappa shape index (κ3) is 5.75. The summed E-state index contributed by atoms with van der Waals surface area (Å²) >= 11 is 1.63. The molecule has 2 aromatic rings. The van der Waals surface area contributed by atoms with Crippen LogP contribution < -0.4 is 14.8 Å². The Labute approximate surface area is 182 Å². The molecule has 3 rings (SSSR count). The van der Waals surface area contributed by atoms with Crippen molar-refractivity contribution < 1.29 is 19.1 Å². The molecule has 0 saturated carbocycles. The number of likely N-dealkylation sites (N-methyl/N-ethyl adjacent to an activating group) is 1. The van der Waals surface area contributed by atoms with Crippen LogP contribution in [0, 0.1) is 0 Å². The van der Waals surface area contributed by atoms with Crippen molar-refractivity contribution >= 4 is 23.2 Å². The van der Waals surface area contributed by atoms with Gasteiger partial charge in [-0.25, -0.2) is 0 Å². The van der Waals surface area contributed by atoms with E-state index in [1.165, 1.54) is 41.0 Å². The van der Waals surface area contributed by atoms with E-state index in [4.69, 9.17) is 9.47 Å². The number of hydrogen-bond acceptors (Lipinski definition) is 5. The molecule has 0 radical (unpaired) electrons. The molecule has 1 heterocycles. The summed E-state index contributed by atoms with van der Waals surface area (Å²) in [6, 6.07) is 7.52. The molecule has 7 heteroatoms. The standard InChI is InChI=1S/C23H30N2O4S/c1-25(2)22(26)15-29-18-11-10-16(12-19(18)28-3)14-24-23(27)21-13-17-8-6-4-5-7-9-20(17)30-21/h10-13H,4-9,14-15H2,1-3H3,(H,24,27). The molecule has 1 aliphatic carbocycles. The van der Waals surface area contributed by atoms with Gasteiger partial charge < -0.3 is 19.7 Å². The second-order valence-electron chi connectivity index (χ2n) is 7.72. The topological polar surface area (TPSA) is 67.9 Å². The smallest absolute Gasteiger partial charge is 0.261 e. The molecule has 0 saturated heterocycles. The maximum atomic E-state index is 12.7. The number of carbonyl (C=O) groups is 2. The lowest BCUT2D eigenvalue weighted by molar-refractivity contribution is -0.130. The first-order valence-corrected chi connectivity index (χ1v) is 11.2. The number of thiophene rings is 1. The molecule has 0 fully saturated rings. The van der Waals surface area contributed by atoms with Crippen molar-refractivity contribution in [1.29, 1.82) is 0 Å². The minimum Gasteiger partial charge on any atom is -0.493 e. The molecular weight excluding hydrogens is 400 g/mol. The van der Waals surface area contributed by atoms with Crippen LogP contribution >= 0.6 is 11.3 Å². The lowest BCUT2D eigenvalue weighted by atomic mass is 10.00. The van der Waals surface area contributed by atoms with Crippen molar-refractivity contribution in [3.63, 3.8) is 0 Å². The predicted molar refractivity (Wildman–Crippen MR) is 119 cm³/mol. The Morgan fingerprint density at radius 1 is 1.07 bits per heavy atom. The van der Waals surface area contributed by atoms with Crippen LogP contribution in [0.5, 0.6) is 11.5 Å². The molecule has 6 nitrogen and oxygen atoms in total. The second-order valence-corrected chi connectivity index (χ2v) is 8.85. The van der Waals surface area contributed by atoms with Crippen LogP contribution in [0.2, 0.25) is 0 Å². The quantitative estimate of drug-likeness (QED) is 0.725. The number of benzene rings is 1. The monoisotopic (exact) mass is 430 g/mol. The molecule has 1 N–H and O–H groups in total. The van der Waals surface area contributed by atoms with E-state index in [1.807, 2.05) is 12.1 Å². The first kappa shape index (κ1) is 22.2. The van der Waals surface area contributed by atoms with Gasteiger partial charge in [0.1, 0.15) is 0 Å². The number of carbonyl (C=O) groups excluding carboxylic acids is 2. The van der Waals surface area contributed by atoms with Crippen LogP contribution in [-0.4, -0.2) is 44.5 Å². The SMILES string of the molecule is COc1cc(CNC(=O)c2cc3c(s2)CCCCCC3)ccc1OCC(=O)N(C)C. The lowest BCUT2D eigenvalue weighted by Gasteiger charge is -2.14. The highest BCUT2D eigenvalue weighted by atomic mass is 32.1. The third-order valence-corrected chi connectivity index (χ3v) is 6.49. The van der Waals surface area contributed by atoms with Gasteiger partial charge in [0.2, 0.25) is 0 Å². The number of hydrogen-bond donors (Lipinski definition) is 1. The highest BCUT2D eigenvalue weighted by Gasteiger charge is 2.16. The average Bonchev–Trinajstić information content (AvgIpc) is 3.12. The molecule has 0 atom stereocenters. The number of rotatable bonds is 7. The van der Waals surface area contributed by atoms with Gasteiger partial charge in [0, 0.05) is 25.5 Å². The molecule has 0 unspecified atom stereocenters. The predicted octanol–water partition coefficient (Wildman–Crippen LogP) is 3.81. The summed E-state index contributed by atoms with van der Waals surface area (Å²) in [6.45, 7) is 0.344. The van der Waals surface area contributed by atoms with E-state index in [1.54, 1.807) is 38.6 Å². The Balaban J connectivity index is 1.60. The Hall–Kier alpha value is -2.54. The number of aryl methyl sites for hydroxylation is 2. The largest absolute Gasteiger partial charge is 0.493 e. The van der Waals surface area contributed by atoms with Gasteiger partial charge in [-0.05, 0) is 55.0 Å². The van der Waals surface area contributed by atoms with Gasteiger partial charge in [0.15, 0.2) is 18.1 Å². The number of ether oxygens (including phenoxy) is 2. The highest BCUT2D eigenvalue weighted by molar-refractivity contribution is 7.14.